The van der Waals surface area contributed by atoms with Crippen molar-refractivity contribution in [1.82, 2.24) is 10.6 Å². The lowest BCUT2D eigenvalue weighted by atomic mass is 10.1. The van der Waals surface area contributed by atoms with Crippen LogP contribution in [0.3, 0.4) is 0 Å². The van der Waals surface area contributed by atoms with Crippen LogP contribution in [0, 0.1) is 0 Å². The van der Waals surface area contributed by atoms with Gasteiger partial charge in [0, 0.05) is 36.1 Å². The molecule has 0 heterocycles. The predicted octanol–water partition coefficient (Wildman–Crippen LogP) is 1.58. The molecule has 1 atom stereocenters. The largest absolute Gasteiger partial charge is 0.378 e. The van der Waals surface area contributed by atoms with Crippen LogP contribution in [0.15, 0.2) is 0 Å². The summed E-state index contributed by atoms with van der Waals surface area (Å²) in [5.74, 6) is 0.913. The molecule has 0 fully saturated rings. The standard InChI is InChI=1S/C15H32N2O3S2/c1-15(2,3)17-6-8-20-10-9-19-7-5-16-14(18)11-13(21)12-22-4/h13,17,21H,5-12H2,1-4H3,(H,16,18). The molecule has 0 saturated heterocycles. The Bertz CT molecular complexity index is 286. The van der Waals surface area contributed by atoms with Crippen LogP contribution < -0.4 is 10.6 Å². The Morgan fingerprint density at radius 2 is 1.73 bits per heavy atom. The summed E-state index contributed by atoms with van der Waals surface area (Å²) in [7, 11) is 0. The lowest BCUT2D eigenvalue weighted by Gasteiger charge is -2.20. The first-order chi connectivity index (χ1) is 10.3. The van der Waals surface area contributed by atoms with Crippen LogP contribution in [0.2, 0.25) is 0 Å². The van der Waals surface area contributed by atoms with Crippen LogP contribution in [0.25, 0.3) is 0 Å². The van der Waals surface area contributed by atoms with Crippen LogP contribution in [-0.4, -0.2) is 68.2 Å². The molecular weight excluding hydrogens is 320 g/mol. The van der Waals surface area contributed by atoms with Crippen LogP contribution in [-0.2, 0) is 14.3 Å². The van der Waals surface area contributed by atoms with Crippen LogP contribution >= 0.6 is 24.4 Å². The monoisotopic (exact) mass is 352 g/mol. The molecule has 0 spiro atoms. The van der Waals surface area contributed by atoms with Gasteiger partial charge in [0.15, 0.2) is 0 Å². The highest BCUT2D eigenvalue weighted by Crippen LogP contribution is 2.07. The van der Waals surface area contributed by atoms with Crippen molar-refractivity contribution in [3.05, 3.63) is 0 Å². The van der Waals surface area contributed by atoms with E-state index in [0.717, 1.165) is 12.3 Å². The Kier molecular flexibility index (Phi) is 13.5. The summed E-state index contributed by atoms with van der Waals surface area (Å²) in [5.41, 5.74) is 0.125. The number of thioether (sulfide) groups is 1. The number of amides is 1. The second-order valence-corrected chi connectivity index (χ2v) is 7.71. The highest BCUT2D eigenvalue weighted by Gasteiger charge is 2.08. The average Bonchev–Trinajstić information content (AvgIpc) is 2.39. The first-order valence-electron chi connectivity index (χ1n) is 7.69. The molecule has 22 heavy (non-hydrogen) atoms. The highest BCUT2D eigenvalue weighted by molar-refractivity contribution is 7.99. The highest BCUT2D eigenvalue weighted by atomic mass is 32.2. The van der Waals surface area contributed by atoms with Gasteiger partial charge < -0.3 is 20.1 Å². The number of carbonyl (C=O) groups is 1. The van der Waals surface area contributed by atoms with Gasteiger partial charge in [0.1, 0.15) is 0 Å². The molecule has 0 aliphatic heterocycles. The topological polar surface area (TPSA) is 59.6 Å². The molecule has 5 nitrogen and oxygen atoms in total. The Hall–Kier alpha value is 0.0500. The van der Waals surface area contributed by atoms with Gasteiger partial charge in [-0.2, -0.15) is 24.4 Å². The third-order valence-corrected chi connectivity index (χ3v) is 3.97. The molecule has 0 bridgehead atoms. The van der Waals surface area contributed by atoms with Gasteiger partial charge in [-0.25, -0.2) is 0 Å². The zero-order valence-corrected chi connectivity index (χ0v) is 16.0. The number of thiol groups is 1. The smallest absolute Gasteiger partial charge is 0.221 e. The van der Waals surface area contributed by atoms with Gasteiger partial charge in [-0.1, -0.05) is 0 Å². The lowest BCUT2D eigenvalue weighted by molar-refractivity contribution is -0.121. The minimum Gasteiger partial charge on any atom is -0.378 e. The number of hydrogen-bond acceptors (Lipinski definition) is 6. The molecule has 0 radical (unpaired) electrons. The lowest BCUT2D eigenvalue weighted by Crippen LogP contribution is -2.38. The summed E-state index contributed by atoms with van der Waals surface area (Å²) in [4.78, 5) is 11.6. The summed E-state index contributed by atoms with van der Waals surface area (Å²) in [5, 5.41) is 6.29. The van der Waals surface area contributed by atoms with Crippen molar-refractivity contribution in [3.63, 3.8) is 0 Å². The third-order valence-electron chi connectivity index (χ3n) is 2.62. The maximum absolute atomic E-state index is 11.6. The number of nitrogens with one attached hydrogen (secondary N) is 2. The minimum atomic E-state index is 0.0298. The molecule has 0 aromatic heterocycles. The summed E-state index contributed by atoms with van der Waals surface area (Å²) < 4.78 is 10.8. The molecule has 0 rings (SSSR count). The van der Waals surface area contributed by atoms with Crippen molar-refractivity contribution in [1.29, 1.82) is 0 Å². The Balaban J connectivity index is 3.28. The zero-order valence-electron chi connectivity index (χ0n) is 14.3. The average molecular weight is 353 g/mol. The van der Waals surface area contributed by atoms with Crippen LogP contribution in [0.1, 0.15) is 27.2 Å². The van der Waals surface area contributed by atoms with Crippen molar-refractivity contribution in [2.75, 3.05) is 51.5 Å². The summed E-state index contributed by atoms with van der Waals surface area (Å²) in [6.07, 6.45) is 2.46. The predicted molar refractivity (Wildman–Crippen MR) is 98.2 cm³/mol. The maximum Gasteiger partial charge on any atom is 0.221 e. The van der Waals surface area contributed by atoms with E-state index in [1.165, 1.54) is 0 Å². The molecule has 2 N–H and O–H groups in total. The van der Waals surface area contributed by atoms with Gasteiger partial charge >= 0.3 is 0 Å². The van der Waals surface area contributed by atoms with E-state index < -0.39 is 0 Å². The van der Waals surface area contributed by atoms with E-state index in [4.69, 9.17) is 9.47 Å². The molecule has 1 unspecified atom stereocenters. The van der Waals surface area contributed by atoms with E-state index in [9.17, 15) is 4.79 Å². The molecule has 7 heteroatoms. The van der Waals surface area contributed by atoms with Crippen molar-refractivity contribution < 1.29 is 14.3 Å². The van der Waals surface area contributed by atoms with E-state index in [-0.39, 0.29) is 16.7 Å². The fraction of sp³-hybridized carbons (Fsp3) is 0.933. The van der Waals surface area contributed by atoms with Crippen molar-refractivity contribution >= 4 is 30.3 Å². The van der Waals surface area contributed by atoms with Gasteiger partial charge in [0.05, 0.1) is 26.4 Å². The summed E-state index contributed by atoms with van der Waals surface area (Å²) >= 11 is 6.05. The summed E-state index contributed by atoms with van der Waals surface area (Å²) in [6, 6.07) is 0. The van der Waals surface area contributed by atoms with Gasteiger partial charge in [0.25, 0.3) is 0 Å². The molecule has 132 valence electrons. The molecule has 1 amide bonds. The fourth-order valence-corrected chi connectivity index (χ4v) is 2.74. The molecule has 0 aromatic carbocycles. The van der Waals surface area contributed by atoms with E-state index in [1.54, 1.807) is 11.8 Å². The van der Waals surface area contributed by atoms with Crippen molar-refractivity contribution in [3.8, 4) is 0 Å². The first kappa shape index (κ1) is 22.1. The van der Waals surface area contributed by atoms with Crippen molar-refractivity contribution in [2.24, 2.45) is 0 Å². The van der Waals surface area contributed by atoms with Gasteiger partial charge in [-0.3, -0.25) is 4.79 Å². The van der Waals surface area contributed by atoms with Gasteiger partial charge in [0.2, 0.25) is 5.91 Å². The van der Waals surface area contributed by atoms with E-state index >= 15 is 0 Å². The van der Waals surface area contributed by atoms with E-state index in [2.05, 4.69) is 44.0 Å². The molecular formula is C15H32N2O3S2. The minimum absolute atomic E-state index is 0.0298. The number of ether oxygens (including phenoxy) is 2. The Labute approximate surface area is 145 Å². The second-order valence-electron chi connectivity index (χ2n) is 6.06. The molecule has 0 aliphatic carbocycles. The fourth-order valence-electron chi connectivity index (χ4n) is 1.62. The maximum atomic E-state index is 11.6. The SMILES string of the molecule is CSCC(S)CC(=O)NCCOCCOCCNC(C)(C)C. The first-order valence-corrected chi connectivity index (χ1v) is 9.60. The quantitative estimate of drug-likeness (QED) is 0.347. The van der Waals surface area contributed by atoms with Crippen molar-refractivity contribution in [2.45, 2.75) is 38.0 Å². The molecule has 0 saturated carbocycles. The van der Waals surface area contributed by atoms with Gasteiger partial charge in [-0.15, -0.1) is 0 Å². The normalized spacial score (nSPS) is 13.1. The molecule has 0 aliphatic rings. The number of carbonyl (C=O) groups excluding carboxylic acids is 1. The Morgan fingerprint density at radius 3 is 2.27 bits per heavy atom. The van der Waals surface area contributed by atoms with E-state index in [0.29, 0.717) is 39.4 Å². The Morgan fingerprint density at radius 1 is 1.14 bits per heavy atom. The van der Waals surface area contributed by atoms with E-state index in [1.807, 2.05) is 6.26 Å². The zero-order chi connectivity index (χ0) is 16.8. The molecule has 0 aromatic rings. The second kappa shape index (κ2) is 13.5. The van der Waals surface area contributed by atoms with Crippen LogP contribution in [0.5, 0.6) is 0 Å². The summed E-state index contributed by atoms with van der Waals surface area (Å²) in [6.45, 7) is 10.1. The van der Waals surface area contributed by atoms with Crippen LogP contribution in [0.4, 0.5) is 0 Å². The number of rotatable bonds is 13. The third kappa shape index (κ3) is 16.4. The number of hydrogen-bond donors (Lipinski definition) is 3. The van der Waals surface area contributed by atoms with Gasteiger partial charge in [-0.05, 0) is 27.0 Å².